The minimum Gasteiger partial charge on any atom is -0.335 e. The molecule has 3 rings (SSSR count). The number of alkyl halides is 3. The van der Waals surface area contributed by atoms with Crippen LogP contribution in [0.25, 0.3) is 0 Å². The Morgan fingerprint density at radius 2 is 1.87 bits per heavy atom. The predicted molar refractivity (Wildman–Crippen MR) is 110 cm³/mol. The van der Waals surface area contributed by atoms with Gasteiger partial charge >= 0.3 is 12.2 Å². The smallest absolute Gasteiger partial charge is 0.335 e. The third-order valence-electron chi connectivity index (χ3n) is 5.35. The van der Waals surface area contributed by atoms with Crippen LogP contribution in [0.1, 0.15) is 48.9 Å². The van der Waals surface area contributed by atoms with Crippen molar-refractivity contribution in [1.29, 1.82) is 0 Å². The summed E-state index contributed by atoms with van der Waals surface area (Å²) in [7, 11) is 0. The molecule has 1 aliphatic rings. The van der Waals surface area contributed by atoms with Gasteiger partial charge in [0, 0.05) is 12.2 Å². The zero-order valence-corrected chi connectivity index (χ0v) is 17.4. The molecular formula is C22H22ClF4N3O. The number of halogens is 5. The molecule has 1 aromatic carbocycles. The normalized spacial score (nSPS) is 16.5. The Morgan fingerprint density at radius 1 is 1.19 bits per heavy atom. The third kappa shape index (κ3) is 5.36. The zero-order valence-electron chi connectivity index (χ0n) is 16.6. The molecule has 0 bridgehead atoms. The van der Waals surface area contributed by atoms with Crippen LogP contribution >= 0.6 is 11.6 Å². The van der Waals surface area contributed by atoms with E-state index in [0.717, 1.165) is 37.8 Å². The molecule has 166 valence electrons. The van der Waals surface area contributed by atoms with Gasteiger partial charge in [-0.2, -0.15) is 13.2 Å². The molecule has 1 aromatic heterocycles. The highest BCUT2D eigenvalue weighted by Gasteiger charge is 2.40. The minimum absolute atomic E-state index is 0.0273. The number of aromatic nitrogens is 1. The van der Waals surface area contributed by atoms with Crippen molar-refractivity contribution in [2.45, 2.75) is 49.9 Å². The van der Waals surface area contributed by atoms with Crippen molar-refractivity contribution < 1.29 is 22.4 Å². The fourth-order valence-corrected chi connectivity index (χ4v) is 4.00. The highest BCUT2D eigenvalue weighted by Crippen LogP contribution is 2.38. The fourth-order valence-electron chi connectivity index (χ4n) is 3.89. The van der Waals surface area contributed by atoms with Gasteiger partial charge < -0.3 is 10.6 Å². The van der Waals surface area contributed by atoms with E-state index in [-0.39, 0.29) is 23.7 Å². The molecule has 1 fully saturated rings. The van der Waals surface area contributed by atoms with E-state index in [1.807, 2.05) is 0 Å². The van der Waals surface area contributed by atoms with Crippen molar-refractivity contribution in [1.82, 2.24) is 15.6 Å². The van der Waals surface area contributed by atoms with Gasteiger partial charge in [-0.1, -0.05) is 30.5 Å². The summed E-state index contributed by atoms with van der Waals surface area (Å²) in [5, 5.41) is 5.91. The highest BCUT2D eigenvalue weighted by atomic mass is 35.5. The maximum absolute atomic E-state index is 14.3. The van der Waals surface area contributed by atoms with Crippen molar-refractivity contribution in [3.8, 4) is 0 Å². The lowest BCUT2D eigenvalue weighted by molar-refractivity contribution is -0.137. The van der Waals surface area contributed by atoms with Gasteiger partial charge in [-0.15, -0.1) is 6.58 Å². The van der Waals surface area contributed by atoms with Crippen molar-refractivity contribution in [2.75, 3.05) is 0 Å². The van der Waals surface area contributed by atoms with Crippen LogP contribution < -0.4 is 10.6 Å². The first-order valence-electron chi connectivity index (χ1n) is 9.84. The Labute approximate surface area is 182 Å². The summed E-state index contributed by atoms with van der Waals surface area (Å²) >= 11 is 5.92. The highest BCUT2D eigenvalue weighted by molar-refractivity contribution is 6.30. The summed E-state index contributed by atoms with van der Waals surface area (Å²) in [4.78, 5) is 17.1. The largest absolute Gasteiger partial charge is 0.416 e. The standard InChI is InChI=1S/C22H22ClF4N3O/c1-2-9-21(19-8-7-16(23)13-28-19,30-20(31)29-18-5-3-4-6-18)14-10-15(22(25,26)27)12-17(24)11-14/h2,7-8,10-13,18H,1,3-6,9H2,(H2,29,30,31)/t21-/m1/s1. The summed E-state index contributed by atoms with van der Waals surface area (Å²) in [5.74, 6) is -1.08. The van der Waals surface area contributed by atoms with Gasteiger partial charge in [0.25, 0.3) is 0 Å². The van der Waals surface area contributed by atoms with Gasteiger partial charge in [-0.3, -0.25) is 4.98 Å². The molecule has 4 nitrogen and oxygen atoms in total. The molecule has 1 atom stereocenters. The number of hydrogen-bond donors (Lipinski definition) is 2. The van der Waals surface area contributed by atoms with Gasteiger partial charge in [-0.05, 0) is 55.2 Å². The molecule has 2 amide bonds. The second-order valence-electron chi connectivity index (χ2n) is 7.57. The van der Waals surface area contributed by atoms with Gasteiger partial charge in [-0.25, -0.2) is 9.18 Å². The molecule has 31 heavy (non-hydrogen) atoms. The molecule has 9 heteroatoms. The number of amides is 2. The number of hydrogen-bond acceptors (Lipinski definition) is 2. The molecular weight excluding hydrogens is 434 g/mol. The van der Waals surface area contributed by atoms with Gasteiger partial charge in [0.05, 0.1) is 16.3 Å². The number of nitrogens with one attached hydrogen (secondary N) is 2. The summed E-state index contributed by atoms with van der Waals surface area (Å²) in [5.41, 5.74) is -2.65. The number of benzene rings is 1. The quantitative estimate of drug-likeness (QED) is 0.417. The van der Waals surface area contributed by atoms with E-state index in [0.29, 0.717) is 11.1 Å². The number of nitrogens with zero attached hydrogens (tertiary/aromatic N) is 1. The molecule has 0 aliphatic heterocycles. The second-order valence-corrected chi connectivity index (χ2v) is 8.00. The van der Waals surface area contributed by atoms with Crippen LogP contribution in [-0.4, -0.2) is 17.1 Å². The lowest BCUT2D eigenvalue weighted by Crippen LogP contribution is -2.52. The Balaban J connectivity index is 2.12. The molecule has 0 radical (unpaired) electrons. The monoisotopic (exact) mass is 455 g/mol. The van der Waals surface area contributed by atoms with Crippen molar-refractivity contribution in [3.63, 3.8) is 0 Å². The van der Waals surface area contributed by atoms with Gasteiger partial charge in [0.15, 0.2) is 0 Å². The molecule has 1 saturated carbocycles. The summed E-state index contributed by atoms with van der Waals surface area (Å²) < 4.78 is 54.5. The van der Waals surface area contributed by atoms with E-state index < -0.39 is 29.1 Å². The van der Waals surface area contributed by atoms with E-state index >= 15 is 0 Å². The van der Waals surface area contributed by atoms with Crippen LogP contribution in [0.3, 0.4) is 0 Å². The summed E-state index contributed by atoms with van der Waals surface area (Å²) in [6.45, 7) is 3.68. The lowest BCUT2D eigenvalue weighted by atomic mass is 9.82. The average Bonchev–Trinajstić information content (AvgIpc) is 3.20. The predicted octanol–water partition coefficient (Wildman–Crippen LogP) is 5.95. The Kier molecular flexibility index (Phi) is 6.89. The SMILES string of the molecule is C=CC[C@@](NC(=O)NC1CCCC1)(c1cc(F)cc(C(F)(F)F)c1)c1ccc(Cl)cn1. The Morgan fingerprint density at radius 3 is 2.45 bits per heavy atom. The zero-order chi connectivity index (χ0) is 22.6. The first-order chi connectivity index (χ1) is 14.6. The van der Waals surface area contributed by atoms with E-state index in [4.69, 9.17) is 11.6 Å². The van der Waals surface area contributed by atoms with Crippen molar-refractivity contribution in [2.24, 2.45) is 0 Å². The maximum atomic E-state index is 14.3. The van der Waals surface area contributed by atoms with E-state index in [2.05, 4.69) is 22.2 Å². The topological polar surface area (TPSA) is 54.0 Å². The van der Waals surface area contributed by atoms with Crippen LogP contribution in [0.15, 0.2) is 49.2 Å². The average molecular weight is 456 g/mol. The molecule has 1 aliphatic carbocycles. The van der Waals surface area contributed by atoms with Crippen LogP contribution in [0, 0.1) is 5.82 Å². The first-order valence-corrected chi connectivity index (χ1v) is 10.2. The summed E-state index contributed by atoms with van der Waals surface area (Å²) in [6.07, 6.45) is 1.56. The number of urea groups is 1. The van der Waals surface area contributed by atoms with Crippen molar-refractivity contribution in [3.05, 3.63) is 76.8 Å². The number of pyridine rings is 1. The Bertz CT molecular complexity index is 943. The van der Waals surface area contributed by atoms with Crippen LogP contribution in [0.2, 0.25) is 5.02 Å². The van der Waals surface area contributed by atoms with Gasteiger partial charge in [0.2, 0.25) is 0 Å². The molecule has 2 N–H and O–H groups in total. The number of carbonyl (C=O) groups is 1. The van der Waals surface area contributed by atoms with E-state index in [1.165, 1.54) is 24.4 Å². The lowest BCUT2D eigenvalue weighted by Gasteiger charge is -2.35. The number of carbonyl (C=O) groups excluding carboxylic acids is 1. The van der Waals surface area contributed by atoms with Gasteiger partial charge in [0.1, 0.15) is 11.4 Å². The fraction of sp³-hybridized carbons (Fsp3) is 0.364. The molecule has 1 heterocycles. The molecule has 0 spiro atoms. The van der Waals surface area contributed by atoms with Crippen LogP contribution in [-0.2, 0) is 11.7 Å². The number of rotatable bonds is 6. The third-order valence-corrected chi connectivity index (χ3v) is 5.57. The van der Waals surface area contributed by atoms with E-state index in [1.54, 1.807) is 0 Å². The molecule has 0 saturated heterocycles. The van der Waals surface area contributed by atoms with E-state index in [9.17, 15) is 22.4 Å². The first kappa shape index (κ1) is 23.1. The van der Waals surface area contributed by atoms with Crippen molar-refractivity contribution >= 4 is 17.6 Å². The second kappa shape index (κ2) is 9.26. The molecule has 0 unspecified atom stereocenters. The van der Waals surface area contributed by atoms with Crippen LogP contribution in [0.5, 0.6) is 0 Å². The van der Waals surface area contributed by atoms with Crippen LogP contribution in [0.4, 0.5) is 22.4 Å². The maximum Gasteiger partial charge on any atom is 0.416 e. The minimum atomic E-state index is -4.77. The summed E-state index contributed by atoms with van der Waals surface area (Å²) in [6, 6.07) is 4.57. The Hall–Kier alpha value is -2.61. The molecule has 2 aromatic rings.